The Labute approximate surface area is 172 Å². The molecule has 1 atom stereocenters. The Balaban J connectivity index is 1.72. The number of pyridine rings is 1. The van der Waals surface area contributed by atoms with Gasteiger partial charge in [-0.25, -0.2) is 4.39 Å². The molecular weight excluding hydrogens is 383 g/mol. The molecule has 4 rings (SSSR count). The number of hydrogen-bond acceptors (Lipinski definition) is 3. The number of halogens is 1. The number of aromatic nitrogens is 1. The molecule has 0 bridgehead atoms. The highest BCUT2D eigenvalue weighted by Crippen LogP contribution is 2.26. The van der Waals surface area contributed by atoms with E-state index in [4.69, 9.17) is 0 Å². The van der Waals surface area contributed by atoms with Crippen molar-refractivity contribution in [1.82, 2.24) is 10.3 Å². The SMILES string of the molecule is CC(C)(NC(=O)c1cc2[nH]c3ccccc3c(=O)c2cc1F)C(O)c1ccccc1. The fourth-order valence-electron chi connectivity index (χ4n) is 3.60. The van der Waals surface area contributed by atoms with Gasteiger partial charge in [0.2, 0.25) is 0 Å². The zero-order chi connectivity index (χ0) is 21.5. The number of carbonyl (C=O) groups excluding carboxylic acids is 1. The number of nitrogens with one attached hydrogen (secondary N) is 2. The van der Waals surface area contributed by atoms with Crippen LogP contribution >= 0.6 is 0 Å². The molecule has 1 unspecified atom stereocenters. The van der Waals surface area contributed by atoms with Crippen molar-refractivity contribution in [2.24, 2.45) is 0 Å². The zero-order valence-corrected chi connectivity index (χ0v) is 16.6. The van der Waals surface area contributed by atoms with Gasteiger partial charge in [-0.3, -0.25) is 9.59 Å². The van der Waals surface area contributed by atoms with E-state index in [0.717, 1.165) is 6.07 Å². The summed E-state index contributed by atoms with van der Waals surface area (Å²) in [5.74, 6) is -1.48. The van der Waals surface area contributed by atoms with Crippen molar-refractivity contribution in [3.05, 3.63) is 93.9 Å². The normalized spacial score (nSPS) is 12.8. The summed E-state index contributed by atoms with van der Waals surface area (Å²) in [5, 5.41) is 14.0. The smallest absolute Gasteiger partial charge is 0.254 e. The Bertz CT molecular complexity index is 1310. The summed E-state index contributed by atoms with van der Waals surface area (Å²) in [6, 6.07) is 18.3. The van der Waals surface area contributed by atoms with E-state index < -0.39 is 23.4 Å². The van der Waals surface area contributed by atoms with Crippen molar-refractivity contribution in [2.45, 2.75) is 25.5 Å². The summed E-state index contributed by atoms with van der Waals surface area (Å²) < 4.78 is 14.8. The van der Waals surface area contributed by atoms with Crippen LogP contribution in [0.5, 0.6) is 0 Å². The molecule has 0 fully saturated rings. The van der Waals surface area contributed by atoms with Gasteiger partial charge in [0, 0.05) is 16.3 Å². The Morgan fingerprint density at radius 2 is 1.67 bits per heavy atom. The Kier molecular flexibility index (Phi) is 4.87. The second kappa shape index (κ2) is 7.39. The van der Waals surface area contributed by atoms with Crippen LogP contribution in [0.15, 0.2) is 71.5 Å². The third-order valence-electron chi connectivity index (χ3n) is 5.27. The standard InChI is InChI=1S/C24H21FN2O3/c1-24(2,22(29)14-8-4-3-5-9-14)27-23(30)16-13-20-17(12-18(16)25)21(28)15-10-6-7-11-19(15)26-20/h3-13,22,29H,1-2H3,(H,26,28)(H,27,30). The first-order valence-electron chi connectivity index (χ1n) is 9.58. The lowest BCUT2D eigenvalue weighted by Crippen LogP contribution is -2.48. The number of carbonyl (C=O) groups is 1. The average Bonchev–Trinajstić information content (AvgIpc) is 2.74. The molecule has 0 saturated carbocycles. The maximum Gasteiger partial charge on any atom is 0.254 e. The number of aliphatic hydroxyl groups excluding tert-OH is 1. The van der Waals surface area contributed by atoms with Crippen LogP contribution in [0.3, 0.4) is 0 Å². The lowest BCUT2D eigenvalue weighted by atomic mass is 9.91. The molecule has 0 aliphatic rings. The molecule has 30 heavy (non-hydrogen) atoms. The first-order valence-corrected chi connectivity index (χ1v) is 9.58. The van der Waals surface area contributed by atoms with E-state index in [1.807, 2.05) is 6.07 Å². The Hall–Kier alpha value is -3.51. The van der Waals surface area contributed by atoms with Crippen LogP contribution in [0, 0.1) is 5.82 Å². The lowest BCUT2D eigenvalue weighted by molar-refractivity contribution is 0.0632. The van der Waals surface area contributed by atoms with E-state index in [2.05, 4.69) is 10.3 Å². The fraction of sp³-hybridized carbons (Fsp3) is 0.167. The molecule has 6 heteroatoms. The third kappa shape index (κ3) is 3.46. The maximum atomic E-state index is 14.8. The molecule has 0 aliphatic heterocycles. The molecule has 1 aromatic heterocycles. The van der Waals surface area contributed by atoms with Gasteiger partial charge in [-0.2, -0.15) is 0 Å². The number of hydrogen-bond donors (Lipinski definition) is 3. The van der Waals surface area contributed by atoms with E-state index in [-0.39, 0.29) is 16.4 Å². The lowest BCUT2D eigenvalue weighted by Gasteiger charge is -2.32. The minimum atomic E-state index is -1.06. The van der Waals surface area contributed by atoms with Gasteiger partial charge in [0.05, 0.1) is 16.6 Å². The third-order valence-corrected chi connectivity index (χ3v) is 5.27. The topological polar surface area (TPSA) is 82.2 Å². The molecule has 0 radical (unpaired) electrons. The van der Waals surface area contributed by atoms with Crippen molar-refractivity contribution in [3.8, 4) is 0 Å². The average molecular weight is 404 g/mol. The Morgan fingerprint density at radius 1 is 1.00 bits per heavy atom. The van der Waals surface area contributed by atoms with Crippen LogP contribution in [-0.2, 0) is 0 Å². The van der Waals surface area contributed by atoms with Gasteiger partial charge in [-0.05, 0) is 43.7 Å². The number of aromatic amines is 1. The van der Waals surface area contributed by atoms with E-state index in [9.17, 15) is 19.1 Å². The largest absolute Gasteiger partial charge is 0.386 e. The number of amides is 1. The zero-order valence-electron chi connectivity index (χ0n) is 16.6. The minimum Gasteiger partial charge on any atom is -0.386 e. The van der Waals surface area contributed by atoms with Gasteiger partial charge in [0.15, 0.2) is 5.43 Å². The van der Waals surface area contributed by atoms with Crippen LogP contribution in [0.4, 0.5) is 4.39 Å². The van der Waals surface area contributed by atoms with Crippen molar-refractivity contribution < 1.29 is 14.3 Å². The number of H-pyrrole nitrogens is 1. The molecule has 1 heterocycles. The van der Waals surface area contributed by atoms with Gasteiger partial charge in [0.1, 0.15) is 11.9 Å². The first kappa shape index (κ1) is 19.8. The minimum absolute atomic E-state index is 0.173. The highest BCUT2D eigenvalue weighted by molar-refractivity contribution is 6.00. The molecule has 0 saturated heterocycles. The summed E-state index contributed by atoms with van der Waals surface area (Å²) in [4.78, 5) is 28.6. The van der Waals surface area contributed by atoms with E-state index in [1.54, 1.807) is 62.4 Å². The maximum absolute atomic E-state index is 14.8. The van der Waals surface area contributed by atoms with Crippen LogP contribution in [0.1, 0.15) is 35.9 Å². The highest BCUT2D eigenvalue weighted by Gasteiger charge is 2.32. The molecule has 4 aromatic rings. The van der Waals surface area contributed by atoms with E-state index in [0.29, 0.717) is 22.0 Å². The van der Waals surface area contributed by atoms with Gasteiger partial charge in [0.25, 0.3) is 5.91 Å². The predicted octanol–water partition coefficient (Wildman–Crippen LogP) is 4.06. The van der Waals surface area contributed by atoms with Gasteiger partial charge in [-0.15, -0.1) is 0 Å². The van der Waals surface area contributed by atoms with Crippen LogP contribution < -0.4 is 10.7 Å². The summed E-state index contributed by atoms with van der Waals surface area (Å²) in [5.41, 5.74) is 0.0419. The highest BCUT2D eigenvalue weighted by atomic mass is 19.1. The summed E-state index contributed by atoms with van der Waals surface area (Å²) >= 11 is 0. The first-order chi connectivity index (χ1) is 14.3. The molecule has 3 N–H and O–H groups in total. The van der Waals surface area contributed by atoms with Gasteiger partial charge >= 0.3 is 0 Å². The van der Waals surface area contributed by atoms with Crippen molar-refractivity contribution in [3.63, 3.8) is 0 Å². The van der Waals surface area contributed by atoms with Crippen LogP contribution in [0.25, 0.3) is 21.8 Å². The van der Waals surface area contributed by atoms with Crippen LogP contribution in [-0.4, -0.2) is 21.5 Å². The van der Waals surface area contributed by atoms with Crippen molar-refractivity contribution >= 4 is 27.7 Å². The number of rotatable bonds is 4. The van der Waals surface area contributed by atoms with Crippen molar-refractivity contribution in [1.29, 1.82) is 0 Å². The molecule has 0 spiro atoms. The summed E-state index contributed by atoms with van der Waals surface area (Å²) in [6.07, 6.45) is -0.991. The second-order valence-electron chi connectivity index (χ2n) is 7.87. The van der Waals surface area contributed by atoms with E-state index >= 15 is 0 Å². The predicted molar refractivity (Wildman–Crippen MR) is 115 cm³/mol. The number of fused-ring (bicyclic) bond motifs is 2. The monoisotopic (exact) mass is 404 g/mol. The molecule has 152 valence electrons. The Morgan fingerprint density at radius 3 is 2.40 bits per heavy atom. The van der Waals surface area contributed by atoms with Gasteiger partial charge in [-0.1, -0.05) is 42.5 Å². The van der Waals surface area contributed by atoms with E-state index in [1.165, 1.54) is 6.07 Å². The van der Waals surface area contributed by atoms with Gasteiger partial charge < -0.3 is 15.4 Å². The quantitative estimate of drug-likeness (QED) is 0.449. The van der Waals surface area contributed by atoms with Crippen LogP contribution in [0.2, 0.25) is 0 Å². The fourth-order valence-corrected chi connectivity index (χ4v) is 3.60. The number of para-hydroxylation sites is 1. The molecular formula is C24H21FN2O3. The second-order valence-corrected chi connectivity index (χ2v) is 7.87. The number of aliphatic hydroxyl groups is 1. The molecule has 1 amide bonds. The molecule has 3 aromatic carbocycles. The molecule has 5 nitrogen and oxygen atoms in total. The summed E-state index contributed by atoms with van der Waals surface area (Å²) in [6.45, 7) is 3.33. The summed E-state index contributed by atoms with van der Waals surface area (Å²) in [7, 11) is 0. The molecule has 0 aliphatic carbocycles. The number of benzene rings is 3. The van der Waals surface area contributed by atoms with Crippen molar-refractivity contribution in [2.75, 3.05) is 0 Å².